The molecule has 0 radical (unpaired) electrons. The molecule has 0 saturated heterocycles. The molecule has 0 unspecified atom stereocenters. The van der Waals surface area contributed by atoms with Gasteiger partial charge in [0.15, 0.2) is 0 Å². The van der Waals surface area contributed by atoms with Crippen molar-refractivity contribution in [1.82, 2.24) is 5.32 Å². The summed E-state index contributed by atoms with van der Waals surface area (Å²) in [5, 5.41) is 3.10. The van der Waals surface area contributed by atoms with Crippen molar-refractivity contribution in [1.29, 1.82) is 0 Å². The molecule has 5 nitrogen and oxygen atoms in total. The van der Waals surface area contributed by atoms with E-state index < -0.39 is 5.54 Å². The van der Waals surface area contributed by atoms with Gasteiger partial charge < -0.3 is 15.8 Å². The molecule has 4 saturated carbocycles. The van der Waals surface area contributed by atoms with Crippen LogP contribution in [0.2, 0.25) is 0 Å². The highest BCUT2D eigenvalue weighted by atomic mass is 16.5. The molecule has 4 fully saturated rings. The van der Waals surface area contributed by atoms with Crippen LogP contribution >= 0.6 is 0 Å². The summed E-state index contributed by atoms with van der Waals surface area (Å²) in [5.41, 5.74) is 5.35. The Balaban J connectivity index is 1.56. The molecule has 4 rings (SSSR count). The van der Waals surface area contributed by atoms with E-state index in [1.165, 1.54) is 7.11 Å². The van der Waals surface area contributed by atoms with Gasteiger partial charge in [-0.15, -0.1) is 0 Å². The smallest absolute Gasteiger partial charge is 0.311 e. The lowest BCUT2D eigenvalue weighted by Crippen LogP contribution is -2.72. The van der Waals surface area contributed by atoms with Crippen LogP contribution in [0.1, 0.15) is 51.9 Å². The number of esters is 1. The van der Waals surface area contributed by atoms with Crippen molar-refractivity contribution >= 4 is 11.9 Å². The van der Waals surface area contributed by atoms with Crippen LogP contribution in [-0.2, 0) is 14.3 Å². The number of ether oxygens (including phenoxy) is 1. The summed E-state index contributed by atoms with van der Waals surface area (Å²) in [5.74, 6) is -0.108. The zero-order valence-electron chi connectivity index (χ0n) is 12.3. The zero-order chi connectivity index (χ0) is 14.6. The van der Waals surface area contributed by atoms with Gasteiger partial charge in [-0.1, -0.05) is 12.8 Å². The van der Waals surface area contributed by atoms with Crippen molar-refractivity contribution in [3.63, 3.8) is 0 Å². The van der Waals surface area contributed by atoms with Crippen LogP contribution < -0.4 is 11.1 Å². The van der Waals surface area contributed by atoms with Crippen molar-refractivity contribution in [2.45, 2.75) is 63.5 Å². The van der Waals surface area contributed by atoms with Gasteiger partial charge in [0.05, 0.1) is 18.1 Å². The Morgan fingerprint density at radius 2 is 1.75 bits per heavy atom. The third kappa shape index (κ3) is 1.72. The fourth-order valence-corrected chi connectivity index (χ4v) is 4.49. The highest BCUT2D eigenvalue weighted by Crippen LogP contribution is 2.75. The summed E-state index contributed by atoms with van der Waals surface area (Å²) >= 11 is 0. The topological polar surface area (TPSA) is 81.4 Å². The number of rotatable bonds is 4. The Morgan fingerprint density at radius 3 is 2.25 bits per heavy atom. The van der Waals surface area contributed by atoms with Crippen LogP contribution in [0.25, 0.3) is 0 Å². The summed E-state index contributed by atoms with van der Waals surface area (Å²) in [6.07, 6.45) is 6.15. The number of carbonyl (C=O) groups is 2. The minimum Gasteiger partial charge on any atom is -0.469 e. The molecule has 4 aliphatic carbocycles. The molecule has 20 heavy (non-hydrogen) atoms. The van der Waals surface area contributed by atoms with Gasteiger partial charge in [0.2, 0.25) is 5.91 Å². The molecule has 0 heterocycles. The molecule has 3 N–H and O–H groups in total. The quantitative estimate of drug-likeness (QED) is 0.756. The van der Waals surface area contributed by atoms with E-state index in [1.54, 1.807) is 0 Å². The number of nitrogens with two attached hydrogens (primary N) is 1. The molecule has 1 amide bonds. The van der Waals surface area contributed by atoms with Crippen LogP contribution in [0.5, 0.6) is 0 Å². The SMILES string of the molecule is COC(=O)C12CC([C@H](C)NC(=O)C3(N)CCCC3)(C1)C2. The molecule has 0 aromatic rings. The Bertz CT molecular complexity index is 434. The van der Waals surface area contributed by atoms with E-state index in [9.17, 15) is 9.59 Å². The number of methoxy groups -OCH3 is 1. The average Bonchev–Trinajstić information content (AvgIpc) is 2.73. The number of nitrogens with one attached hydrogen (secondary N) is 1. The molecule has 0 aromatic heterocycles. The maximum atomic E-state index is 12.3. The van der Waals surface area contributed by atoms with E-state index in [1.807, 2.05) is 6.92 Å². The van der Waals surface area contributed by atoms with Crippen LogP contribution in [0.4, 0.5) is 0 Å². The lowest BCUT2D eigenvalue weighted by molar-refractivity contribution is -0.234. The predicted molar refractivity (Wildman–Crippen MR) is 73.7 cm³/mol. The average molecular weight is 280 g/mol. The first kappa shape index (κ1) is 13.9. The van der Waals surface area contributed by atoms with E-state index in [0.717, 1.165) is 44.9 Å². The van der Waals surface area contributed by atoms with E-state index in [4.69, 9.17) is 10.5 Å². The highest BCUT2D eigenvalue weighted by molar-refractivity contribution is 5.87. The van der Waals surface area contributed by atoms with Crippen LogP contribution in [0.3, 0.4) is 0 Å². The Morgan fingerprint density at radius 1 is 1.20 bits per heavy atom. The first-order valence-electron chi connectivity index (χ1n) is 7.54. The first-order valence-corrected chi connectivity index (χ1v) is 7.54. The molecule has 1 atom stereocenters. The van der Waals surface area contributed by atoms with Gasteiger partial charge in [-0.25, -0.2) is 0 Å². The van der Waals surface area contributed by atoms with Crippen LogP contribution in [-0.4, -0.2) is 30.6 Å². The molecule has 0 aliphatic heterocycles. The molecular formula is C15H24N2O3. The third-order valence-electron chi connectivity index (χ3n) is 5.90. The number of amides is 1. The monoisotopic (exact) mass is 280 g/mol. The van der Waals surface area contributed by atoms with E-state index in [2.05, 4.69) is 5.32 Å². The Labute approximate surface area is 119 Å². The van der Waals surface area contributed by atoms with E-state index in [-0.39, 0.29) is 28.7 Å². The zero-order valence-corrected chi connectivity index (χ0v) is 12.3. The van der Waals surface area contributed by atoms with Crippen molar-refractivity contribution in [2.75, 3.05) is 7.11 Å². The summed E-state index contributed by atoms with van der Waals surface area (Å²) in [7, 11) is 1.44. The van der Waals surface area contributed by atoms with E-state index >= 15 is 0 Å². The second-order valence-corrected chi connectivity index (χ2v) is 7.22. The van der Waals surface area contributed by atoms with Gasteiger partial charge in [0.25, 0.3) is 0 Å². The maximum absolute atomic E-state index is 12.3. The third-order valence-corrected chi connectivity index (χ3v) is 5.90. The largest absolute Gasteiger partial charge is 0.469 e. The number of hydrogen-bond donors (Lipinski definition) is 2. The second kappa shape index (κ2) is 4.20. The second-order valence-electron chi connectivity index (χ2n) is 7.22. The molecule has 112 valence electrons. The lowest BCUT2D eigenvalue weighted by Gasteiger charge is -2.70. The minimum atomic E-state index is -0.669. The predicted octanol–water partition coefficient (Wildman–Crippen LogP) is 1.11. The fraction of sp³-hybridized carbons (Fsp3) is 0.867. The Kier molecular flexibility index (Phi) is 2.91. The maximum Gasteiger partial charge on any atom is 0.311 e. The minimum absolute atomic E-state index is 0.0145. The summed E-state index contributed by atoms with van der Waals surface area (Å²) in [6.45, 7) is 2.04. The van der Waals surface area contributed by atoms with Gasteiger partial charge in [-0.3, -0.25) is 9.59 Å². The van der Waals surface area contributed by atoms with Crippen molar-refractivity contribution in [3.8, 4) is 0 Å². The molecule has 0 spiro atoms. The van der Waals surface area contributed by atoms with Crippen molar-refractivity contribution < 1.29 is 14.3 Å². The van der Waals surface area contributed by atoms with Gasteiger partial charge >= 0.3 is 5.97 Å². The lowest BCUT2D eigenvalue weighted by atomic mass is 9.33. The van der Waals surface area contributed by atoms with Gasteiger partial charge in [0, 0.05) is 6.04 Å². The van der Waals surface area contributed by atoms with Crippen LogP contribution in [0, 0.1) is 10.8 Å². The number of hydrogen-bond acceptors (Lipinski definition) is 4. The molecular weight excluding hydrogens is 256 g/mol. The van der Waals surface area contributed by atoms with Crippen molar-refractivity contribution in [2.24, 2.45) is 16.6 Å². The van der Waals surface area contributed by atoms with Gasteiger partial charge in [-0.05, 0) is 44.4 Å². The normalized spacial score (nSPS) is 38.4. The fourth-order valence-electron chi connectivity index (χ4n) is 4.49. The first-order chi connectivity index (χ1) is 9.36. The van der Waals surface area contributed by atoms with Crippen molar-refractivity contribution in [3.05, 3.63) is 0 Å². The molecule has 5 heteroatoms. The van der Waals surface area contributed by atoms with E-state index in [0.29, 0.717) is 0 Å². The molecule has 4 aliphatic rings. The van der Waals surface area contributed by atoms with Gasteiger partial charge in [-0.2, -0.15) is 0 Å². The van der Waals surface area contributed by atoms with Crippen LogP contribution in [0.15, 0.2) is 0 Å². The number of carbonyl (C=O) groups excluding carboxylic acids is 2. The Hall–Kier alpha value is -1.10. The molecule has 2 bridgehead atoms. The van der Waals surface area contributed by atoms with Gasteiger partial charge in [0.1, 0.15) is 0 Å². The summed E-state index contributed by atoms with van der Waals surface area (Å²) in [6, 6.07) is 0.0857. The molecule has 0 aromatic carbocycles. The standard InChI is InChI=1S/C15H24N2O3/c1-10(17-11(18)15(16)5-3-4-6-15)13-7-14(8-13,9-13)12(19)20-2/h10H,3-9,16H2,1-2H3,(H,17,18)/t10-,13?,14?/m0/s1. The highest BCUT2D eigenvalue weighted by Gasteiger charge is 2.74. The summed E-state index contributed by atoms with van der Waals surface area (Å²) in [4.78, 5) is 24.0. The summed E-state index contributed by atoms with van der Waals surface area (Å²) < 4.78 is 4.85.